The van der Waals surface area contributed by atoms with Crippen molar-refractivity contribution in [3.05, 3.63) is 24.2 Å². The van der Waals surface area contributed by atoms with E-state index in [1.54, 1.807) is 6.26 Å². The third kappa shape index (κ3) is 3.18. The van der Waals surface area contributed by atoms with Crippen LogP contribution in [0.3, 0.4) is 0 Å². The number of hydrogen-bond acceptors (Lipinski definition) is 2. The van der Waals surface area contributed by atoms with Gasteiger partial charge in [0.15, 0.2) is 0 Å². The summed E-state index contributed by atoms with van der Waals surface area (Å²) in [6, 6.07) is 4.00. The van der Waals surface area contributed by atoms with Gasteiger partial charge in [0.05, 0.1) is 6.26 Å². The van der Waals surface area contributed by atoms with Gasteiger partial charge in [0.25, 0.3) is 0 Å². The Morgan fingerprint density at radius 1 is 1.43 bits per heavy atom. The normalized spacial score (nSPS) is 14.3. The van der Waals surface area contributed by atoms with E-state index < -0.39 is 0 Å². The van der Waals surface area contributed by atoms with Crippen LogP contribution in [0.1, 0.15) is 26.5 Å². The van der Waals surface area contributed by atoms with E-state index in [2.05, 4.69) is 32.2 Å². The van der Waals surface area contributed by atoms with Gasteiger partial charge in [-0.25, -0.2) is 0 Å². The molecule has 1 N–H and O–H groups in total. The van der Waals surface area contributed by atoms with E-state index in [1.807, 2.05) is 13.1 Å². The predicted molar refractivity (Wildman–Crippen MR) is 59.3 cm³/mol. The molecule has 1 atom stereocenters. The summed E-state index contributed by atoms with van der Waals surface area (Å²) in [5.41, 5.74) is 0.315. The van der Waals surface area contributed by atoms with Crippen LogP contribution in [0.25, 0.3) is 0 Å². The fourth-order valence-electron chi connectivity index (χ4n) is 1.60. The lowest BCUT2D eigenvalue weighted by atomic mass is 9.78. The van der Waals surface area contributed by atoms with Gasteiger partial charge in [-0.2, -0.15) is 0 Å². The molecule has 0 spiro atoms. The van der Waals surface area contributed by atoms with E-state index in [9.17, 15) is 0 Å². The van der Waals surface area contributed by atoms with Gasteiger partial charge in [-0.15, -0.1) is 0 Å². The molecule has 1 aromatic rings. The molecule has 2 nitrogen and oxygen atoms in total. The molecule has 80 valence electrons. The maximum absolute atomic E-state index is 5.38. The van der Waals surface area contributed by atoms with Crippen molar-refractivity contribution in [3.63, 3.8) is 0 Å². The molecule has 1 rings (SSSR count). The number of rotatable bonds is 4. The highest BCUT2D eigenvalue weighted by Crippen LogP contribution is 2.28. The Hall–Kier alpha value is -0.760. The van der Waals surface area contributed by atoms with Crippen molar-refractivity contribution < 1.29 is 4.42 Å². The average molecular weight is 195 g/mol. The summed E-state index contributed by atoms with van der Waals surface area (Å²) in [6.45, 7) is 7.86. The maximum atomic E-state index is 5.38. The molecule has 0 aliphatic heterocycles. The lowest BCUT2D eigenvalue weighted by molar-refractivity contribution is 0.224. The molecule has 0 aliphatic rings. The van der Waals surface area contributed by atoms with Gasteiger partial charge in [-0.05, 0) is 37.1 Å². The first-order valence-electron chi connectivity index (χ1n) is 5.21. The Morgan fingerprint density at radius 3 is 2.57 bits per heavy atom. The molecule has 0 aliphatic carbocycles. The minimum Gasteiger partial charge on any atom is -0.469 e. The lowest BCUT2D eigenvalue weighted by Gasteiger charge is -2.30. The molecule has 1 unspecified atom stereocenters. The summed E-state index contributed by atoms with van der Waals surface area (Å²) in [4.78, 5) is 0. The first-order valence-corrected chi connectivity index (χ1v) is 5.21. The molecule has 1 aromatic heterocycles. The number of hydrogen-bond donors (Lipinski definition) is 1. The van der Waals surface area contributed by atoms with E-state index >= 15 is 0 Å². The maximum Gasteiger partial charge on any atom is 0.104 e. The van der Waals surface area contributed by atoms with Crippen LogP contribution in [-0.4, -0.2) is 13.6 Å². The SMILES string of the molecule is CNCC(Cc1ccco1)C(C)(C)C. The summed E-state index contributed by atoms with van der Waals surface area (Å²) in [5, 5.41) is 3.25. The van der Waals surface area contributed by atoms with E-state index in [4.69, 9.17) is 4.42 Å². The van der Waals surface area contributed by atoms with Crippen LogP contribution in [0.5, 0.6) is 0 Å². The minimum atomic E-state index is 0.315. The fourth-order valence-corrected chi connectivity index (χ4v) is 1.60. The second kappa shape index (κ2) is 4.65. The molecule has 0 saturated carbocycles. The van der Waals surface area contributed by atoms with Crippen molar-refractivity contribution in [1.29, 1.82) is 0 Å². The molecule has 0 amide bonds. The molecular formula is C12H21NO. The molecule has 2 heteroatoms. The van der Waals surface area contributed by atoms with Gasteiger partial charge in [0, 0.05) is 6.42 Å². The highest BCUT2D eigenvalue weighted by Gasteiger charge is 2.24. The first-order chi connectivity index (χ1) is 6.54. The summed E-state index contributed by atoms with van der Waals surface area (Å²) < 4.78 is 5.38. The van der Waals surface area contributed by atoms with E-state index in [0.29, 0.717) is 11.3 Å². The Morgan fingerprint density at radius 2 is 2.14 bits per heavy atom. The molecule has 0 bridgehead atoms. The second-order valence-electron chi connectivity index (χ2n) is 4.90. The Labute approximate surface area is 86.7 Å². The van der Waals surface area contributed by atoms with Gasteiger partial charge in [0.1, 0.15) is 5.76 Å². The summed E-state index contributed by atoms with van der Waals surface area (Å²) in [5.74, 6) is 1.69. The second-order valence-corrected chi connectivity index (χ2v) is 4.90. The zero-order valence-corrected chi connectivity index (χ0v) is 9.63. The zero-order chi connectivity index (χ0) is 10.6. The highest BCUT2D eigenvalue weighted by molar-refractivity contribution is 5.00. The lowest BCUT2D eigenvalue weighted by Crippen LogP contribution is -2.31. The van der Waals surface area contributed by atoms with Gasteiger partial charge >= 0.3 is 0 Å². The molecule has 14 heavy (non-hydrogen) atoms. The van der Waals surface area contributed by atoms with Gasteiger partial charge < -0.3 is 9.73 Å². The van der Waals surface area contributed by atoms with Crippen LogP contribution in [0.15, 0.2) is 22.8 Å². The van der Waals surface area contributed by atoms with Crippen LogP contribution in [0.2, 0.25) is 0 Å². The van der Waals surface area contributed by atoms with E-state index in [1.165, 1.54) is 0 Å². The standard InChI is InChI=1S/C12H21NO/c1-12(2,3)10(9-13-4)8-11-6-5-7-14-11/h5-7,10,13H,8-9H2,1-4H3. The Bertz CT molecular complexity index is 246. The molecular weight excluding hydrogens is 174 g/mol. The van der Waals surface area contributed by atoms with Crippen molar-refractivity contribution in [2.24, 2.45) is 11.3 Å². The quantitative estimate of drug-likeness (QED) is 0.799. The predicted octanol–water partition coefficient (Wildman–Crippen LogP) is 2.70. The van der Waals surface area contributed by atoms with Crippen LogP contribution in [0.4, 0.5) is 0 Å². The fraction of sp³-hybridized carbons (Fsp3) is 0.667. The highest BCUT2D eigenvalue weighted by atomic mass is 16.3. The smallest absolute Gasteiger partial charge is 0.104 e. The average Bonchev–Trinajstić information content (AvgIpc) is 2.54. The van der Waals surface area contributed by atoms with Crippen molar-refractivity contribution in [3.8, 4) is 0 Å². The van der Waals surface area contributed by atoms with Crippen LogP contribution in [-0.2, 0) is 6.42 Å². The molecule has 1 heterocycles. The van der Waals surface area contributed by atoms with Crippen LogP contribution < -0.4 is 5.32 Å². The molecule has 0 fully saturated rings. The number of furan rings is 1. The third-order valence-corrected chi connectivity index (χ3v) is 2.70. The Balaban J connectivity index is 2.60. The number of nitrogens with one attached hydrogen (secondary N) is 1. The first kappa shape index (κ1) is 11.3. The molecule has 0 radical (unpaired) electrons. The summed E-state index contributed by atoms with van der Waals surface area (Å²) in [7, 11) is 2.00. The largest absolute Gasteiger partial charge is 0.469 e. The Kier molecular flexibility index (Phi) is 3.76. The van der Waals surface area contributed by atoms with Crippen LogP contribution in [0, 0.1) is 11.3 Å². The van der Waals surface area contributed by atoms with Gasteiger partial charge in [0.2, 0.25) is 0 Å². The van der Waals surface area contributed by atoms with Crippen molar-refractivity contribution in [2.75, 3.05) is 13.6 Å². The van der Waals surface area contributed by atoms with Crippen LogP contribution >= 0.6 is 0 Å². The third-order valence-electron chi connectivity index (χ3n) is 2.70. The summed E-state index contributed by atoms with van der Waals surface area (Å²) >= 11 is 0. The van der Waals surface area contributed by atoms with Crippen molar-refractivity contribution in [2.45, 2.75) is 27.2 Å². The minimum absolute atomic E-state index is 0.315. The molecule has 0 saturated heterocycles. The van der Waals surface area contributed by atoms with Gasteiger partial charge in [-0.1, -0.05) is 20.8 Å². The van der Waals surface area contributed by atoms with Crippen molar-refractivity contribution in [1.82, 2.24) is 5.32 Å². The zero-order valence-electron chi connectivity index (χ0n) is 9.63. The van der Waals surface area contributed by atoms with E-state index in [-0.39, 0.29) is 0 Å². The summed E-state index contributed by atoms with van der Waals surface area (Å²) in [6.07, 6.45) is 2.76. The van der Waals surface area contributed by atoms with Gasteiger partial charge in [-0.3, -0.25) is 0 Å². The monoisotopic (exact) mass is 195 g/mol. The van der Waals surface area contributed by atoms with Crippen molar-refractivity contribution >= 4 is 0 Å². The van der Waals surface area contributed by atoms with E-state index in [0.717, 1.165) is 18.7 Å². The molecule has 0 aromatic carbocycles. The topological polar surface area (TPSA) is 25.2 Å².